The average Bonchev–Trinajstić information content (AvgIpc) is 2.28. The van der Waals surface area contributed by atoms with Crippen LogP contribution in [-0.4, -0.2) is 48.2 Å². The number of ether oxygens (including phenoxy) is 1. The van der Waals surface area contributed by atoms with Crippen LogP contribution < -0.4 is 0 Å². The highest BCUT2D eigenvalue weighted by Gasteiger charge is 2.32. The van der Waals surface area contributed by atoms with Gasteiger partial charge in [-0.25, -0.2) is 0 Å². The van der Waals surface area contributed by atoms with Gasteiger partial charge in [0, 0.05) is 32.7 Å². The lowest BCUT2D eigenvalue weighted by molar-refractivity contribution is -0.147. The minimum atomic E-state index is -0.748. The first-order chi connectivity index (χ1) is 8.45. The third-order valence-electron chi connectivity index (χ3n) is 3.52. The van der Waals surface area contributed by atoms with Crippen molar-refractivity contribution in [2.75, 3.05) is 20.3 Å². The number of amides is 1. The Balaban J connectivity index is 2.48. The fourth-order valence-corrected chi connectivity index (χ4v) is 2.53. The Morgan fingerprint density at radius 1 is 1.50 bits per heavy atom. The molecule has 0 radical (unpaired) electrons. The van der Waals surface area contributed by atoms with Crippen molar-refractivity contribution in [3.05, 3.63) is 0 Å². The molecule has 0 aromatic heterocycles. The molecule has 1 N–H and O–H groups in total. The number of hydrogen-bond donors (Lipinski definition) is 1. The zero-order chi connectivity index (χ0) is 13.7. The molecule has 1 amide bonds. The van der Waals surface area contributed by atoms with Crippen LogP contribution in [0.4, 0.5) is 0 Å². The van der Waals surface area contributed by atoms with E-state index in [-0.39, 0.29) is 23.8 Å². The number of rotatable bonds is 5. The number of carboxylic acids is 1. The molecule has 0 bridgehead atoms. The third-order valence-corrected chi connectivity index (χ3v) is 3.52. The normalized spacial score (nSPS) is 25.8. The summed E-state index contributed by atoms with van der Waals surface area (Å²) >= 11 is 0. The van der Waals surface area contributed by atoms with Gasteiger partial charge in [-0.15, -0.1) is 0 Å². The first-order valence-electron chi connectivity index (χ1n) is 6.46. The van der Waals surface area contributed by atoms with Gasteiger partial charge in [0.25, 0.3) is 0 Å². The summed E-state index contributed by atoms with van der Waals surface area (Å²) in [6.45, 7) is 5.03. The summed E-state index contributed by atoms with van der Waals surface area (Å²) in [4.78, 5) is 24.8. The molecule has 18 heavy (non-hydrogen) atoms. The van der Waals surface area contributed by atoms with Crippen molar-refractivity contribution in [3.63, 3.8) is 0 Å². The summed E-state index contributed by atoms with van der Waals surface area (Å²) in [6.07, 6.45) is 1.58. The Labute approximate surface area is 108 Å². The number of carbonyl (C=O) groups excluding carboxylic acids is 1. The Morgan fingerprint density at radius 3 is 2.67 bits per heavy atom. The van der Waals surface area contributed by atoms with Gasteiger partial charge in [-0.3, -0.25) is 9.59 Å². The number of likely N-dealkylation sites (tertiary alicyclic amines) is 1. The van der Waals surface area contributed by atoms with E-state index in [0.717, 1.165) is 0 Å². The molecule has 0 aliphatic carbocycles. The van der Waals surface area contributed by atoms with Gasteiger partial charge in [0.05, 0.1) is 5.92 Å². The molecule has 3 unspecified atom stereocenters. The molecule has 3 atom stereocenters. The van der Waals surface area contributed by atoms with E-state index in [4.69, 9.17) is 9.84 Å². The smallest absolute Gasteiger partial charge is 0.306 e. The van der Waals surface area contributed by atoms with E-state index in [1.54, 1.807) is 7.11 Å². The Hall–Kier alpha value is -1.10. The molecular formula is C13H23NO4. The largest absolute Gasteiger partial charge is 0.481 e. The molecule has 1 heterocycles. The van der Waals surface area contributed by atoms with E-state index in [1.165, 1.54) is 0 Å². The van der Waals surface area contributed by atoms with Gasteiger partial charge in [-0.05, 0) is 25.7 Å². The number of piperidine rings is 1. The first-order valence-corrected chi connectivity index (χ1v) is 6.46. The molecule has 1 aliphatic heterocycles. The minimum absolute atomic E-state index is 0.0158. The number of carbonyl (C=O) groups is 2. The number of nitrogens with zero attached hydrogens (tertiary/aromatic N) is 1. The van der Waals surface area contributed by atoms with E-state index in [1.807, 2.05) is 18.7 Å². The van der Waals surface area contributed by atoms with E-state index in [0.29, 0.717) is 32.4 Å². The van der Waals surface area contributed by atoms with Gasteiger partial charge in [0.1, 0.15) is 0 Å². The number of carboxylic acid groups (broad SMARTS) is 1. The van der Waals surface area contributed by atoms with Gasteiger partial charge >= 0.3 is 5.97 Å². The predicted molar refractivity (Wildman–Crippen MR) is 67.2 cm³/mol. The number of aliphatic carboxylic acids is 1. The minimum Gasteiger partial charge on any atom is -0.481 e. The molecule has 104 valence electrons. The van der Waals surface area contributed by atoms with Crippen molar-refractivity contribution in [3.8, 4) is 0 Å². The summed E-state index contributed by atoms with van der Waals surface area (Å²) in [7, 11) is 1.63. The second-order valence-electron chi connectivity index (χ2n) is 5.26. The predicted octanol–water partition coefficient (Wildman–Crippen LogP) is 1.37. The van der Waals surface area contributed by atoms with Crippen LogP contribution in [0.15, 0.2) is 0 Å². The number of methoxy groups -OCH3 is 1. The summed E-state index contributed by atoms with van der Waals surface area (Å²) in [5, 5.41) is 8.98. The maximum atomic E-state index is 12.1. The van der Waals surface area contributed by atoms with Crippen LogP contribution in [0, 0.1) is 11.8 Å². The summed E-state index contributed by atoms with van der Waals surface area (Å²) < 4.78 is 5.02. The van der Waals surface area contributed by atoms with Gasteiger partial charge in [-0.1, -0.05) is 6.92 Å². The average molecular weight is 257 g/mol. The lowest BCUT2D eigenvalue weighted by atomic mass is 9.91. The third kappa shape index (κ3) is 3.98. The van der Waals surface area contributed by atoms with Crippen molar-refractivity contribution in [2.24, 2.45) is 11.8 Å². The van der Waals surface area contributed by atoms with E-state index in [2.05, 4.69) is 0 Å². The molecule has 5 heteroatoms. The van der Waals surface area contributed by atoms with Crippen LogP contribution in [0.3, 0.4) is 0 Å². The van der Waals surface area contributed by atoms with Crippen molar-refractivity contribution < 1.29 is 19.4 Å². The van der Waals surface area contributed by atoms with Gasteiger partial charge < -0.3 is 14.7 Å². The monoisotopic (exact) mass is 257 g/mol. The highest BCUT2D eigenvalue weighted by Crippen LogP contribution is 2.24. The fourth-order valence-electron chi connectivity index (χ4n) is 2.53. The molecule has 5 nitrogen and oxygen atoms in total. The molecule has 1 aliphatic rings. The fraction of sp³-hybridized carbons (Fsp3) is 0.846. The quantitative estimate of drug-likeness (QED) is 0.807. The van der Waals surface area contributed by atoms with Crippen LogP contribution in [0.2, 0.25) is 0 Å². The zero-order valence-corrected chi connectivity index (χ0v) is 11.4. The Bertz CT molecular complexity index is 305. The zero-order valence-electron chi connectivity index (χ0n) is 11.4. The Kier molecular flexibility index (Phi) is 5.59. The standard InChI is InChI=1S/C13H23NO4/c1-9(8-18-3)6-12(15)14-5-4-11(13(16)17)7-10(14)2/h9-11H,4-8H2,1-3H3,(H,16,17). The van der Waals surface area contributed by atoms with Gasteiger partial charge in [-0.2, -0.15) is 0 Å². The van der Waals surface area contributed by atoms with Crippen molar-refractivity contribution in [1.29, 1.82) is 0 Å². The van der Waals surface area contributed by atoms with Crippen LogP contribution in [0.25, 0.3) is 0 Å². The van der Waals surface area contributed by atoms with Crippen LogP contribution in [-0.2, 0) is 14.3 Å². The molecule has 0 saturated carbocycles. The second-order valence-corrected chi connectivity index (χ2v) is 5.26. The van der Waals surface area contributed by atoms with Crippen LogP contribution in [0.1, 0.15) is 33.1 Å². The molecule has 0 aromatic rings. The van der Waals surface area contributed by atoms with Crippen molar-refractivity contribution in [1.82, 2.24) is 4.90 Å². The van der Waals surface area contributed by atoms with Crippen molar-refractivity contribution >= 4 is 11.9 Å². The highest BCUT2D eigenvalue weighted by molar-refractivity contribution is 5.77. The SMILES string of the molecule is COCC(C)CC(=O)N1CCC(C(=O)O)CC1C. The molecule has 0 spiro atoms. The lowest BCUT2D eigenvalue weighted by Crippen LogP contribution is -2.46. The molecular weight excluding hydrogens is 234 g/mol. The second kappa shape index (κ2) is 6.73. The summed E-state index contributed by atoms with van der Waals surface area (Å²) in [5.74, 6) is -0.745. The highest BCUT2D eigenvalue weighted by atomic mass is 16.5. The van der Waals surface area contributed by atoms with Crippen LogP contribution in [0.5, 0.6) is 0 Å². The van der Waals surface area contributed by atoms with E-state index in [9.17, 15) is 9.59 Å². The Morgan fingerprint density at radius 2 is 2.17 bits per heavy atom. The molecule has 0 aromatic carbocycles. The topological polar surface area (TPSA) is 66.8 Å². The maximum Gasteiger partial charge on any atom is 0.306 e. The van der Waals surface area contributed by atoms with Crippen LogP contribution >= 0.6 is 0 Å². The van der Waals surface area contributed by atoms with E-state index < -0.39 is 5.97 Å². The molecule has 1 rings (SSSR count). The summed E-state index contributed by atoms with van der Waals surface area (Å²) in [5.41, 5.74) is 0. The summed E-state index contributed by atoms with van der Waals surface area (Å²) in [6, 6.07) is 0.0158. The first kappa shape index (κ1) is 15.0. The maximum absolute atomic E-state index is 12.1. The van der Waals surface area contributed by atoms with E-state index >= 15 is 0 Å². The van der Waals surface area contributed by atoms with Gasteiger partial charge in [0.2, 0.25) is 5.91 Å². The lowest BCUT2D eigenvalue weighted by Gasteiger charge is -2.36. The molecule has 1 saturated heterocycles. The number of hydrogen-bond acceptors (Lipinski definition) is 3. The van der Waals surface area contributed by atoms with Gasteiger partial charge in [0.15, 0.2) is 0 Å². The van der Waals surface area contributed by atoms with Crippen molar-refractivity contribution in [2.45, 2.75) is 39.2 Å². The molecule has 1 fully saturated rings.